The molecule has 3 aromatic rings. The Balaban J connectivity index is 1.87. The number of anilines is 1. The average molecular weight is 346 g/mol. The van der Waals surface area contributed by atoms with Gasteiger partial charge < -0.3 is 0 Å². The largest absolute Gasteiger partial charge is 0.269 e. The summed E-state index contributed by atoms with van der Waals surface area (Å²) in [5.74, 6) is 0.435. The number of non-ortho nitro benzene ring substituents is 1. The van der Waals surface area contributed by atoms with Crippen LogP contribution < -0.4 is 4.72 Å². The van der Waals surface area contributed by atoms with Gasteiger partial charge in [0.2, 0.25) is 0 Å². The Kier molecular flexibility index (Phi) is 3.92. The number of hydrogen-bond acceptors (Lipinski definition) is 7. The molecule has 2 aromatic heterocycles. The lowest BCUT2D eigenvalue weighted by Gasteiger charge is -2.08. The maximum Gasteiger partial charge on any atom is 0.269 e. The molecule has 0 saturated heterocycles. The van der Waals surface area contributed by atoms with E-state index in [1.54, 1.807) is 18.5 Å². The molecule has 0 bridgehead atoms. The van der Waals surface area contributed by atoms with Crippen molar-refractivity contribution in [2.24, 2.45) is 0 Å². The van der Waals surface area contributed by atoms with E-state index in [9.17, 15) is 18.5 Å². The molecule has 0 radical (unpaired) electrons. The Labute approximate surface area is 136 Å². The molecule has 0 aliphatic carbocycles. The molecule has 0 amide bonds. The average Bonchev–Trinajstić information content (AvgIpc) is 3.09. The first kappa shape index (κ1) is 15.6. The van der Waals surface area contributed by atoms with Gasteiger partial charge in [-0.3, -0.25) is 14.8 Å². The fourth-order valence-electron chi connectivity index (χ4n) is 1.88. The molecule has 122 valence electrons. The maximum absolute atomic E-state index is 12.3. The van der Waals surface area contributed by atoms with Crippen molar-refractivity contribution in [3.05, 3.63) is 65.2 Å². The van der Waals surface area contributed by atoms with Crippen LogP contribution in [0.2, 0.25) is 0 Å². The summed E-state index contributed by atoms with van der Waals surface area (Å²) in [5.41, 5.74) is -0.197. The van der Waals surface area contributed by atoms with Gasteiger partial charge in [0, 0.05) is 30.6 Å². The van der Waals surface area contributed by atoms with Gasteiger partial charge in [0.15, 0.2) is 5.82 Å². The minimum atomic E-state index is -3.93. The van der Waals surface area contributed by atoms with Gasteiger partial charge in [-0.05, 0) is 18.2 Å². The lowest BCUT2D eigenvalue weighted by atomic mass is 10.3. The molecule has 0 aliphatic rings. The highest BCUT2D eigenvalue weighted by molar-refractivity contribution is 7.92. The summed E-state index contributed by atoms with van der Waals surface area (Å²) in [6, 6.07) is 7.64. The SMILES string of the molecule is O=[N+]([O-])c1ccc(S(=O)(=O)Nc2cc(-n3cccn3)ncn2)cc1. The van der Waals surface area contributed by atoms with E-state index in [1.807, 2.05) is 0 Å². The number of aromatic nitrogens is 4. The van der Waals surface area contributed by atoms with Crippen LogP contribution in [0.4, 0.5) is 11.5 Å². The van der Waals surface area contributed by atoms with Gasteiger partial charge in [-0.25, -0.2) is 23.1 Å². The monoisotopic (exact) mass is 346 g/mol. The van der Waals surface area contributed by atoms with Gasteiger partial charge in [-0.15, -0.1) is 0 Å². The summed E-state index contributed by atoms with van der Waals surface area (Å²) in [6.07, 6.45) is 4.41. The molecule has 0 spiro atoms. The van der Waals surface area contributed by atoms with Gasteiger partial charge in [-0.1, -0.05) is 0 Å². The second kappa shape index (κ2) is 6.04. The van der Waals surface area contributed by atoms with Crippen LogP contribution in [-0.2, 0) is 10.0 Å². The highest BCUT2D eigenvalue weighted by Crippen LogP contribution is 2.18. The number of nitrogens with one attached hydrogen (secondary N) is 1. The van der Waals surface area contributed by atoms with Crippen LogP contribution >= 0.6 is 0 Å². The van der Waals surface area contributed by atoms with Gasteiger partial charge in [0.05, 0.1) is 9.82 Å². The Morgan fingerprint density at radius 3 is 2.54 bits per heavy atom. The summed E-state index contributed by atoms with van der Waals surface area (Å²) < 4.78 is 28.4. The molecule has 1 aromatic carbocycles. The Morgan fingerprint density at radius 1 is 1.17 bits per heavy atom. The molecule has 24 heavy (non-hydrogen) atoms. The minimum absolute atomic E-state index is 0.0499. The second-order valence-electron chi connectivity index (χ2n) is 4.57. The predicted octanol–water partition coefficient (Wildman–Crippen LogP) is 1.37. The topological polar surface area (TPSA) is 133 Å². The molecule has 0 saturated carbocycles. The van der Waals surface area contributed by atoms with Crippen LogP contribution in [-0.4, -0.2) is 33.1 Å². The third-order valence-electron chi connectivity index (χ3n) is 2.99. The van der Waals surface area contributed by atoms with E-state index < -0.39 is 14.9 Å². The number of hydrogen-bond donors (Lipinski definition) is 1. The summed E-state index contributed by atoms with van der Waals surface area (Å²) in [7, 11) is -3.93. The minimum Gasteiger partial charge on any atom is -0.263 e. The predicted molar refractivity (Wildman–Crippen MR) is 83.1 cm³/mol. The molecule has 0 fully saturated rings. The maximum atomic E-state index is 12.3. The highest BCUT2D eigenvalue weighted by Gasteiger charge is 2.17. The Bertz CT molecular complexity index is 970. The van der Waals surface area contributed by atoms with Gasteiger partial charge in [-0.2, -0.15) is 5.10 Å². The zero-order chi connectivity index (χ0) is 17.2. The Morgan fingerprint density at radius 2 is 1.92 bits per heavy atom. The zero-order valence-corrected chi connectivity index (χ0v) is 12.8. The normalized spacial score (nSPS) is 11.2. The fourth-order valence-corrected chi connectivity index (χ4v) is 2.88. The molecule has 0 atom stereocenters. The molecule has 10 nitrogen and oxygen atoms in total. The lowest BCUT2D eigenvalue weighted by Crippen LogP contribution is -2.14. The van der Waals surface area contributed by atoms with E-state index in [-0.39, 0.29) is 16.4 Å². The van der Waals surface area contributed by atoms with E-state index in [2.05, 4.69) is 19.8 Å². The molecule has 0 aliphatic heterocycles. The third kappa shape index (κ3) is 3.20. The molecular weight excluding hydrogens is 336 g/mol. The highest BCUT2D eigenvalue weighted by atomic mass is 32.2. The number of rotatable bonds is 5. The zero-order valence-electron chi connectivity index (χ0n) is 12.0. The number of nitro groups is 1. The van der Waals surface area contributed by atoms with Crippen molar-refractivity contribution in [2.75, 3.05) is 4.72 Å². The van der Waals surface area contributed by atoms with E-state index in [0.29, 0.717) is 5.82 Å². The molecule has 3 rings (SSSR count). The number of nitrogens with zero attached hydrogens (tertiary/aromatic N) is 5. The van der Waals surface area contributed by atoms with Crippen LogP contribution in [0.15, 0.2) is 60.0 Å². The van der Waals surface area contributed by atoms with Crippen molar-refractivity contribution in [1.29, 1.82) is 0 Å². The van der Waals surface area contributed by atoms with Crippen molar-refractivity contribution >= 4 is 21.5 Å². The first-order valence-electron chi connectivity index (χ1n) is 6.55. The molecular formula is C13H10N6O4S. The summed E-state index contributed by atoms with van der Waals surface area (Å²) in [4.78, 5) is 17.7. The van der Waals surface area contributed by atoms with Gasteiger partial charge >= 0.3 is 0 Å². The molecule has 11 heteroatoms. The van der Waals surface area contributed by atoms with Crippen molar-refractivity contribution < 1.29 is 13.3 Å². The van der Waals surface area contributed by atoms with Crippen molar-refractivity contribution in [3.63, 3.8) is 0 Å². The number of benzene rings is 1. The van der Waals surface area contributed by atoms with Crippen molar-refractivity contribution in [1.82, 2.24) is 19.7 Å². The number of sulfonamides is 1. The van der Waals surface area contributed by atoms with E-state index in [0.717, 1.165) is 24.3 Å². The van der Waals surface area contributed by atoms with E-state index >= 15 is 0 Å². The van der Waals surface area contributed by atoms with Crippen LogP contribution in [0.25, 0.3) is 5.82 Å². The molecule has 1 N–H and O–H groups in total. The quantitative estimate of drug-likeness (QED) is 0.545. The summed E-state index contributed by atoms with van der Waals surface area (Å²) >= 11 is 0. The fraction of sp³-hybridized carbons (Fsp3) is 0. The van der Waals surface area contributed by atoms with Crippen LogP contribution in [0.5, 0.6) is 0 Å². The smallest absolute Gasteiger partial charge is 0.263 e. The number of nitro benzene ring substituents is 1. The lowest BCUT2D eigenvalue weighted by molar-refractivity contribution is -0.384. The Hall–Kier alpha value is -3.34. The van der Waals surface area contributed by atoms with Gasteiger partial charge in [0.1, 0.15) is 12.1 Å². The van der Waals surface area contributed by atoms with E-state index in [1.165, 1.54) is 17.1 Å². The van der Waals surface area contributed by atoms with Crippen molar-refractivity contribution in [3.8, 4) is 5.82 Å². The molecule has 2 heterocycles. The third-order valence-corrected chi connectivity index (χ3v) is 4.36. The first-order chi connectivity index (χ1) is 11.5. The van der Waals surface area contributed by atoms with Crippen LogP contribution in [0.3, 0.4) is 0 Å². The van der Waals surface area contributed by atoms with Gasteiger partial charge in [0.25, 0.3) is 15.7 Å². The summed E-state index contributed by atoms with van der Waals surface area (Å²) in [6.45, 7) is 0. The van der Waals surface area contributed by atoms with Crippen LogP contribution in [0, 0.1) is 10.1 Å². The standard InChI is InChI=1S/C13H10N6O4S/c20-19(21)10-2-4-11(5-3-10)24(22,23)17-12-8-13(15-9-14-12)18-7-1-6-16-18/h1-9H,(H,14,15,17). The molecule has 0 unspecified atom stereocenters. The second-order valence-corrected chi connectivity index (χ2v) is 6.25. The first-order valence-corrected chi connectivity index (χ1v) is 8.03. The van der Waals surface area contributed by atoms with Crippen molar-refractivity contribution in [2.45, 2.75) is 4.90 Å². The summed E-state index contributed by atoms with van der Waals surface area (Å²) in [5, 5.41) is 14.6. The van der Waals surface area contributed by atoms with E-state index in [4.69, 9.17) is 0 Å². The van der Waals surface area contributed by atoms with Crippen LogP contribution in [0.1, 0.15) is 0 Å².